The summed E-state index contributed by atoms with van der Waals surface area (Å²) in [5.74, 6) is -0.688. The predicted molar refractivity (Wildman–Crippen MR) is 74.5 cm³/mol. The minimum Gasteiger partial charge on any atom is -0.398 e. The van der Waals surface area contributed by atoms with Crippen LogP contribution >= 0.6 is 27.7 Å². The number of anilines is 1. The van der Waals surface area contributed by atoms with Gasteiger partial charge in [-0.1, -0.05) is 22.0 Å². The quantitative estimate of drug-likeness (QED) is 0.657. The number of nitrogens with two attached hydrogens (primary N) is 1. The number of nitrogen functional groups attached to an aromatic ring is 1. The van der Waals surface area contributed by atoms with Gasteiger partial charge < -0.3 is 5.73 Å². The highest BCUT2D eigenvalue weighted by molar-refractivity contribution is 9.10. The second-order valence-electron chi connectivity index (χ2n) is 3.71. The molecule has 0 radical (unpaired) electrons. The van der Waals surface area contributed by atoms with Crippen LogP contribution in [0.2, 0.25) is 0 Å². The monoisotopic (exact) mass is 329 g/mol. The van der Waals surface area contributed by atoms with Gasteiger partial charge in [-0.3, -0.25) is 0 Å². The third kappa shape index (κ3) is 3.23. The molecule has 0 fully saturated rings. The average molecular weight is 330 g/mol. The predicted octanol–water partition coefficient (Wildman–Crippen LogP) is 4.60. The van der Waals surface area contributed by atoms with Crippen molar-refractivity contribution in [2.45, 2.75) is 10.6 Å². The summed E-state index contributed by atoms with van der Waals surface area (Å²) in [6.07, 6.45) is 0. The Hall–Kier alpha value is -1.07. The maximum atomic E-state index is 13.4. The molecule has 0 atom stereocenters. The third-order valence-electron chi connectivity index (χ3n) is 2.37. The van der Waals surface area contributed by atoms with Crippen molar-refractivity contribution < 1.29 is 8.78 Å². The molecule has 0 aliphatic rings. The molecule has 2 aromatic rings. The van der Waals surface area contributed by atoms with Crippen LogP contribution in [-0.4, -0.2) is 0 Å². The van der Waals surface area contributed by atoms with Crippen molar-refractivity contribution in [2.24, 2.45) is 0 Å². The lowest BCUT2D eigenvalue weighted by Crippen LogP contribution is -1.91. The van der Waals surface area contributed by atoms with E-state index in [9.17, 15) is 8.78 Å². The van der Waals surface area contributed by atoms with Crippen molar-refractivity contribution in [3.8, 4) is 0 Å². The van der Waals surface area contributed by atoms with E-state index in [2.05, 4.69) is 15.9 Å². The van der Waals surface area contributed by atoms with Gasteiger partial charge in [-0.2, -0.15) is 0 Å². The summed E-state index contributed by atoms with van der Waals surface area (Å²) in [4.78, 5) is 0.869. The number of benzene rings is 2. The summed E-state index contributed by atoms with van der Waals surface area (Å²) in [5.41, 5.74) is 6.92. The van der Waals surface area contributed by atoms with Crippen molar-refractivity contribution in [3.05, 3.63) is 58.1 Å². The second-order valence-corrected chi connectivity index (χ2v) is 5.64. The van der Waals surface area contributed by atoms with Gasteiger partial charge in [0.1, 0.15) is 11.6 Å². The largest absolute Gasteiger partial charge is 0.398 e. The second kappa shape index (κ2) is 5.71. The lowest BCUT2D eigenvalue weighted by atomic mass is 10.2. The van der Waals surface area contributed by atoms with Gasteiger partial charge >= 0.3 is 0 Å². The Morgan fingerprint density at radius 3 is 2.61 bits per heavy atom. The first-order valence-electron chi connectivity index (χ1n) is 5.18. The van der Waals surface area contributed by atoms with Crippen LogP contribution in [0.3, 0.4) is 0 Å². The summed E-state index contributed by atoms with van der Waals surface area (Å²) in [7, 11) is 0. The molecule has 2 rings (SSSR count). The number of rotatable bonds is 3. The first kappa shape index (κ1) is 13.4. The van der Waals surface area contributed by atoms with Gasteiger partial charge in [-0.25, -0.2) is 8.78 Å². The minimum absolute atomic E-state index is 0.409. The molecule has 0 saturated heterocycles. The molecule has 0 aliphatic heterocycles. The molecular weight excluding hydrogens is 320 g/mol. The molecule has 18 heavy (non-hydrogen) atoms. The molecule has 0 aliphatic carbocycles. The van der Waals surface area contributed by atoms with Crippen LogP contribution in [0.5, 0.6) is 0 Å². The third-order valence-corrected chi connectivity index (χ3v) is 3.99. The highest BCUT2D eigenvalue weighted by atomic mass is 79.9. The Balaban J connectivity index is 2.13. The fraction of sp³-hybridized carbons (Fsp3) is 0.0769. The van der Waals surface area contributed by atoms with E-state index in [4.69, 9.17) is 5.73 Å². The van der Waals surface area contributed by atoms with Gasteiger partial charge in [0.05, 0.1) is 0 Å². The SMILES string of the molecule is Nc1ccc(Br)cc1SCc1ccc(F)cc1F. The summed E-state index contributed by atoms with van der Waals surface area (Å²) < 4.78 is 27.1. The summed E-state index contributed by atoms with van der Waals surface area (Å²) in [6.45, 7) is 0. The normalized spacial score (nSPS) is 10.6. The van der Waals surface area contributed by atoms with E-state index >= 15 is 0 Å². The molecule has 2 aromatic carbocycles. The van der Waals surface area contributed by atoms with E-state index in [1.807, 2.05) is 12.1 Å². The van der Waals surface area contributed by atoms with Crippen LogP contribution in [0.15, 0.2) is 45.8 Å². The fourth-order valence-electron chi connectivity index (χ4n) is 1.43. The van der Waals surface area contributed by atoms with Gasteiger partial charge in [0.25, 0.3) is 0 Å². The summed E-state index contributed by atoms with van der Waals surface area (Å²) >= 11 is 4.77. The van der Waals surface area contributed by atoms with Crippen molar-refractivity contribution in [2.75, 3.05) is 5.73 Å². The van der Waals surface area contributed by atoms with Crippen LogP contribution in [0.4, 0.5) is 14.5 Å². The van der Waals surface area contributed by atoms with Crippen molar-refractivity contribution >= 4 is 33.4 Å². The zero-order valence-electron chi connectivity index (χ0n) is 9.29. The molecule has 0 saturated carbocycles. The molecule has 0 spiro atoms. The minimum atomic E-state index is -0.566. The standard InChI is InChI=1S/C13H10BrF2NS/c14-9-2-4-12(17)13(5-9)18-7-8-1-3-10(15)6-11(8)16/h1-6H,7,17H2. The Labute approximate surface area is 117 Å². The molecule has 2 N–H and O–H groups in total. The maximum absolute atomic E-state index is 13.4. The number of thioether (sulfide) groups is 1. The van der Waals surface area contributed by atoms with Gasteiger partial charge in [-0.15, -0.1) is 11.8 Å². The molecule has 94 valence electrons. The molecule has 1 nitrogen and oxygen atoms in total. The zero-order chi connectivity index (χ0) is 13.1. The molecule has 5 heteroatoms. The van der Waals surface area contributed by atoms with E-state index in [-0.39, 0.29) is 0 Å². The van der Waals surface area contributed by atoms with Gasteiger partial charge in [0.2, 0.25) is 0 Å². The molecule has 0 bridgehead atoms. The molecule has 0 aromatic heterocycles. The highest BCUT2D eigenvalue weighted by Gasteiger charge is 2.06. The Morgan fingerprint density at radius 1 is 1.11 bits per heavy atom. The lowest BCUT2D eigenvalue weighted by molar-refractivity contribution is 0.576. The van der Waals surface area contributed by atoms with Crippen molar-refractivity contribution in [1.29, 1.82) is 0 Å². The molecule has 0 heterocycles. The zero-order valence-corrected chi connectivity index (χ0v) is 11.7. The highest BCUT2D eigenvalue weighted by Crippen LogP contribution is 2.31. The smallest absolute Gasteiger partial charge is 0.130 e. The summed E-state index contributed by atoms with van der Waals surface area (Å²) in [5, 5.41) is 0. The molecular formula is C13H10BrF2NS. The van der Waals surface area contributed by atoms with E-state index in [0.717, 1.165) is 15.4 Å². The lowest BCUT2D eigenvalue weighted by Gasteiger charge is -2.07. The molecule has 0 unspecified atom stereocenters. The fourth-order valence-corrected chi connectivity index (χ4v) is 2.93. The van der Waals surface area contributed by atoms with Crippen LogP contribution in [0, 0.1) is 11.6 Å². The molecule has 0 amide bonds. The topological polar surface area (TPSA) is 26.0 Å². The Bertz CT molecular complexity index is 575. The van der Waals surface area contributed by atoms with Crippen LogP contribution in [-0.2, 0) is 5.75 Å². The number of halogens is 3. The maximum Gasteiger partial charge on any atom is 0.130 e. The van der Waals surface area contributed by atoms with E-state index in [0.29, 0.717) is 17.0 Å². The van der Waals surface area contributed by atoms with Crippen LogP contribution < -0.4 is 5.73 Å². The van der Waals surface area contributed by atoms with E-state index in [1.165, 1.54) is 23.9 Å². The number of hydrogen-bond acceptors (Lipinski definition) is 2. The van der Waals surface area contributed by atoms with E-state index in [1.54, 1.807) is 6.07 Å². The average Bonchev–Trinajstić information content (AvgIpc) is 2.32. The van der Waals surface area contributed by atoms with E-state index < -0.39 is 11.6 Å². The van der Waals surface area contributed by atoms with Gasteiger partial charge in [0.15, 0.2) is 0 Å². The van der Waals surface area contributed by atoms with Crippen LogP contribution in [0.1, 0.15) is 5.56 Å². The number of hydrogen-bond donors (Lipinski definition) is 1. The van der Waals surface area contributed by atoms with Crippen molar-refractivity contribution in [3.63, 3.8) is 0 Å². The summed E-state index contributed by atoms with van der Waals surface area (Å²) in [6, 6.07) is 9.10. The van der Waals surface area contributed by atoms with Gasteiger partial charge in [-0.05, 0) is 29.8 Å². The Kier molecular flexibility index (Phi) is 4.24. The van der Waals surface area contributed by atoms with Crippen LogP contribution in [0.25, 0.3) is 0 Å². The Morgan fingerprint density at radius 2 is 1.89 bits per heavy atom. The van der Waals surface area contributed by atoms with Crippen molar-refractivity contribution in [1.82, 2.24) is 0 Å². The first-order valence-corrected chi connectivity index (χ1v) is 6.96. The first-order chi connectivity index (χ1) is 8.56. The van der Waals surface area contributed by atoms with Gasteiger partial charge in [0, 0.05) is 26.9 Å².